The smallest absolute Gasteiger partial charge is 0.0360 e. The molecule has 0 aromatic rings. The molecule has 1 saturated heterocycles. The first kappa shape index (κ1) is 8.53. The minimum Gasteiger partial charge on any atom is -0.323 e. The van der Waals surface area contributed by atoms with Gasteiger partial charge in [0.15, 0.2) is 0 Å². The minimum atomic E-state index is 0.621. The number of hydrazone groups is 1. The Kier molecular flexibility index (Phi) is 3.36. The maximum absolute atomic E-state index is 5.15. The third kappa shape index (κ3) is 2.89. The van der Waals surface area contributed by atoms with Crippen molar-refractivity contribution in [2.24, 2.45) is 10.9 Å². The summed E-state index contributed by atoms with van der Waals surface area (Å²) >= 11 is 0. The van der Waals surface area contributed by atoms with Crippen LogP contribution in [0.4, 0.5) is 0 Å². The van der Waals surface area contributed by atoms with E-state index >= 15 is 0 Å². The summed E-state index contributed by atoms with van der Waals surface area (Å²) in [6.45, 7) is 3.14. The van der Waals surface area contributed by atoms with E-state index in [9.17, 15) is 0 Å². The van der Waals surface area contributed by atoms with Crippen LogP contribution in [-0.4, -0.2) is 18.3 Å². The fourth-order valence-corrected chi connectivity index (χ4v) is 1.51. The third-order valence-corrected chi connectivity index (χ3v) is 2.17. The van der Waals surface area contributed by atoms with Gasteiger partial charge in [-0.2, -0.15) is 5.10 Å². The van der Waals surface area contributed by atoms with Gasteiger partial charge < -0.3 is 11.2 Å². The van der Waals surface area contributed by atoms with E-state index in [1.807, 2.05) is 6.92 Å². The van der Waals surface area contributed by atoms with Gasteiger partial charge in [-0.25, -0.2) is 0 Å². The van der Waals surface area contributed by atoms with Crippen LogP contribution in [0.1, 0.15) is 32.6 Å². The molecule has 1 aliphatic heterocycles. The molecule has 1 rings (SSSR count). The van der Waals surface area contributed by atoms with Crippen molar-refractivity contribution in [3.05, 3.63) is 0 Å². The van der Waals surface area contributed by atoms with Crippen LogP contribution in [0.3, 0.4) is 0 Å². The van der Waals surface area contributed by atoms with Gasteiger partial charge in [-0.05, 0) is 26.3 Å². The fraction of sp³-hybridized carbons (Fsp3) is 0.875. The summed E-state index contributed by atoms with van der Waals surface area (Å²) in [6.07, 6.45) is 4.94. The van der Waals surface area contributed by atoms with Gasteiger partial charge in [0.1, 0.15) is 0 Å². The topological polar surface area (TPSA) is 50.4 Å². The molecule has 3 heteroatoms. The zero-order valence-corrected chi connectivity index (χ0v) is 7.14. The van der Waals surface area contributed by atoms with Gasteiger partial charge in [-0.1, -0.05) is 6.42 Å². The molecule has 0 bridgehead atoms. The first-order valence-corrected chi connectivity index (χ1v) is 4.29. The Hall–Kier alpha value is -0.570. The molecule has 0 spiro atoms. The molecule has 0 aromatic heterocycles. The van der Waals surface area contributed by atoms with E-state index in [2.05, 4.69) is 10.4 Å². The lowest BCUT2D eigenvalue weighted by atomic mass is 10.0. The largest absolute Gasteiger partial charge is 0.323 e. The lowest BCUT2D eigenvalue weighted by Crippen LogP contribution is -2.35. The highest BCUT2D eigenvalue weighted by Crippen LogP contribution is 2.10. The molecule has 64 valence electrons. The van der Waals surface area contributed by atoms with Crippen molar-refractivity contribution in [3.8, 4) is 0 Å². The number of nitrogens with one attached hydrogen (secondary N) is 1. The van der Waals surface area contributed by atoms with Crippen LogP contribution in [0, 0.1) is 0 Å². The summed E-state index contributed by atoms with van der Waals surface area (Å²) in [6, 6.07) is 0.621. The molecule has 1 aliphatic rings. The Morgan fingerprint density at radius 2 is 2.45 bits per heavy atom. The normalized spacial score (nSPS) is 27.0. The van der Waals surface area contributed by atoms with Crippen molar-refractivity contribution < 1.29 is 0 Å². The number of nitrogens with two attached hydrogens (primary N) is 1. The molecule has 0 aromatic carbocycles. The predicted octanol–water partition coefficient (Wildman–Crippen LogP) is 0.853. The molecule has 3 N–H and O–H groups in total. The zero-order chi connectivity index (χ0) is 8.10. The monoisotopic (exact) mass is 155 g/mol. The molecule has 3 nitrogen and oxygen atoms in total. The standard InChI is InChI=1S/C8H17N3/c1-7(11-9)6-8-4-2-3-5-10-8/h8,10H,2-6,9H2,1H3/b11-7+. The van der Waals surface area contributed by atoms with Gasteiger partial charge in [0.2, 0.25) is 0 Å². The predicted molar refractivity (Wildman–Crippen MR) is 47.6 cm³/mol. The van der Waals surface area contributed by atoms with Crippen molar-refractivity contribution in [1.29, 1.82) is 0 Å². The second kappa shape index (κ2) is 4.34. The molecule has 11 heavy (non-hydrogen) atoms. The van der Waals surface area contributed by atoms with Crippen molar-refractivity contribution in [2.75, 3.05) is 6.54 Å². The van der Waals surface area contributed by atoms with Crippen molar-refractivity contribution in [3.63, 3.8) is 0 Å². The Morgan fingerprint density at radius 1 is 1.64 bits per heavy atom. The summed E-state index contributed by atoms with van der Waals surface area (Å²) < 4.78 is 0. The van der Waals surface area contributed by atoms with Crippen LogP contribution in [0.5, 0.6) is 0 Å². The second-order valence-corrected chi connectivity index (χ2v) is 3.22. The molecule has 1 unspecified atom stereocenters. The number of hydrogen-bond donors (Lipinski definition) is 2. The van der Waals surface area contributed by atoms with E-state index in [0.717, 1.165) is 18.7 Å². The van der Waals surface area contributed by atoms with Crippen LogP contribution in [0.25, 0.3) is 0 Å². The van der Waals surface area contributed by atoms with Crippen LogP contribution in [-0.2, 0) is 0 Å². The molecule has 1 fully saturated rings. The lowest BCUT2D eigenvalue weighted by molar-refractivity contribution is 0.409. The first-order chi connectivity index (χ1) is 5.33. The summed E-state index contributed by atoms with van der Waals surface area (Å²) in [5, 5.41) is 7.11. The maximum atomic E-state index is 5.15. The molecule has 0 amide bonds. The van der Waals surface area contributed by atoms with Crippen molar-refractivity contribution >= 4 is 5.71 Å². The molecule has 0 saturated carbocycles. The Labute approximate surface area is 68.0 Å². The second-order valence-electron chi connectivity index (χ2n) is 3.22. The third-order valence-electron chi connectivity index (χ3n) is 2.17. The fourth-order valence-electron chi connectivity index (χ4n) is 1.51. The van der Waals surface area contributed by atoms with Crippen LogP contribution >= 0.6 is 0 Å². The summed E-state index contributed by atoms with van der Waals surface area (Å²) in [5.74, 6) is 5.15. The van der Waals surface area contributed by atoms with Crippen LogP contribution in [0.2, 0.25) is 0 Å². The lowest BCUT2D eigenvalue weighted by Gasteiger charge is -2.22. The average molecular weight is 155 g/mol. The molecular weight excluding hydrogens is 138 g/mol. The molecule has 1 atom stereocenters. The molecule has 0 aliphatic carbocycles. The van der Waals surface area contributed by atoms with E-state index in [0.29, 0.717) is 6.04 Å². The van der Waals surface area contributed by atoms with Gasteiger partial charge in [-0.3, -0.25) is 0 Å². The van der Waals surface area contributed by atoms with E-state index in [1.165, 1.54) is 19.3 Å². The van der Waals surface area contributed by atoms with E-state index in [1.54, 1.807) is 0 Å². The van der Waals surface area contributed by atoms with Crippen molar-refractivity contribution in [2.45, 2.75) is 38.6 Å². The molecular formula is C8H17N3. The Balaban J connectivity index is 2.24. The van der Waals surface area contributed by atoms with Gasteiger partial charge in [0.25, 0.3) is 0 Å². The van der Waals surface area contributed by atoms with Gasteiger partial charge in [0.05, 0.1) is 0 Å². The highest BCUT2D eigenvalue weighted by atomic mass is 15.1. The first-order valence-electron chi connectivity index (χ1n) is 4.29. The van der Waals surface area contributed by atoms with E-state index in [4.69, 9.17) is 5.84 Å². The summed E-state index contributed by atoms with van der Waals surface area (Å²) in [4.78, 5) is 0. The summed E-state index contributed by atoms with van der Waals surface area (Å²) in [7, 11) is 0. The zero-order valence-electron chi connectivity index (χ0n) is 7.14. The van der Waals surface area contributed by atoms with Crippen LogP contribution in [0.15, 0.2) is 5.10 Å². The number of piperidine rings is 1. The van der Waals surface area contributed by atoms with E-state index in [-0.39, 0.29) is 0 Å². The highest BCUT2D eigenvalue weighted by molar-refractivity contribution is 5.82. The number of nitrogens with zero attached hydrogens (tertiary/aromatic N) is 1. The van der Waals surface area contributed by atoms with Crippen molar-refractivity contribution in [1.82, 2.24) is 5.32 Å². The SMILES string of the molecule is C/C(CC1CCCCN1)=N\N. The van der Waals surface area contributed by atoms with Crippen LogP contribution < -0.4 is 11.2 Å². The summed E-state index contributed by atoms with van der Waals surface area (Å²) in [5.41, 5.74) is 1.05. The van der Waals surface area contributed by atoms with Gasteiger partial charge in [0, 0.05) is 18.2 Å². The molecule has 0 radical (unpaired) electrons. The molecule has 1 heterocycles. The number of rotatable bonds is 2. The quantitative estimate of drug-likeness (QED) is 0.353. The maximum Gasteiger partial charge on any atom is 0.0360 e. The van der Waals surface area contributed by atoms with Gasteiger partial charge >= 0.3 is 0 Å². The average Bonchev–Trinajstić information content (AvgIpc) is 2.06. The highest BCUT2D eigenvalue weighted by Gasteiger charge is 2.12. The van der Waals surface area contributed by atoms with Gasteiger partial charge in [-0.15, -0.1) is 0 Å². The Morgan fingerprint density at radius 3 is 3.00 bits per heavy atom. The Bertz CT molecular complexity index is 136. The van der Waals surface area contributed by atoms with E-state index < -0.39 is 0 Å². The minimum absolute atomic E-state index is 0.621. The number of hydrogen-bond acceptors (Lipinski definition) is 3.